The van der Waals surface area contributed by atoms with E-state index in [1.807, 2.05) is 6.07 Å². The average Bonchev–Trinajstić information content (AvgIpc) is 2.72. The van der Waals surface area contributed by atoms with Crippen LogP contribution in [0.1, 0.15) is 17.7 Å². The Hall–Kier alpha value is -0.620. The van der Waals surface area contributed by atoms with Crippen LogP contribution in [0.2, 0.25) is 4.34 Å². The molecular weight excluding hydrogens is 262 g/mol. The van der Waals surface area contributed by atoms with Crippen molar-refractivity contribution >= 4 is 28.8 Å². The minimum atomic E-state index is -0.678. The van der Waals surface area contributed by atoms with E-state index in [-0.39, 0.29) is 25.0 Å². The summed E-state index contributed by atoms with van der Waals surface area (Å²) in [5.74, 6) is -0.388. The summed E-state index contributed by atoms with van der Waals surface area (Å²) in [4.78, 5) is 12.7. The lowest BCUT2D eigenvalue weighted by molar-refractivity contribution is -0.122. The Morgan fingerprint density at radius 1 is 1.65 bits per heavy atom. The standard InChI is InChI=1S/C11H16ClNO3S/c1-7(9-3-4-10(12)17-9)11(15)13-5-8(14)6-16-2/h3-4,7-8,14H,5-6H2,1-2H3,(H,13,15)/t7-,8-/m1/s1. The third-order valence-corrected chi connectivity index (χ3v) is 3.70. The summed E-state index contributed by atoms with van der Waals surface area (Å²) >= 11 is 7.19. The second-order valence-electron chi connectivity index (χ2n) is 3.72. The topological polar surface area (TPSA) is 58.6 Å². The van der Waals surface area contributed by atoms with Crippen molar-refractivity contribution in [3.8, 4) is 0 Å². The van der Waals surface area contributed by atoms with Gasteiger partial charge in [0.2, 0.25) is 5.91 Å². The fourth-order valence-corrected chi connectivity index (χ4v) is 2.42. The molecule has 1 amide bonds. The predicted molar refractivity (Wildman–Crippen MR) is 68.6 cm³/mol. The lowest BCUT2D eigenvalue weighted by Crippen LogP contribution is -2.36. The van der Waals surface area contributed by atoms with E-state index >= 15 is 0 Å². The van der Waals surface area contributed by atoms with Crippen LogP contribution in [0.4, 0.5) is 0 Å². The maximum Gasteiger partial charge on any atom is 0.228 e. The van der Waals surface area contributed by atoms with Gasteiger partial charge in [-0.2, -0.15) is 0 Å². The Labute approximate surface area is 110 Å². The van der Waals surface area contributed by atoms with E-state index in [2.05, 4.69) is 5.32 Å². The van der Waals surface area contributed by atoms with Crippen molar-refractivity contribution in [2.24, 2.45) is 0 Å². The van der Waals surface area contributed by atoms with Crippen LogP contribution >= 0.6 is 22.9 Å². The minimum Gasteiger partial charge on any atom is -0.389 e. The monoisotopic (exact) mass is 277 g/mol. The van der Waals surface area contributed by atoms with Gasteiger partial charge in [-0.25, -0.2) is 0 Å². The zero-order chi connectivity index (χ0) is 12.8. The Balaban J connectivity index is 2.42. The number of methoxy groups -OCH3 is 1. The summed E-state index contributed by atoms with van der Waals surface area (Å²) in [5.41, 5.74) is 0. The first-order valence-corrected chi connectivity index (χ1v) is 6.44. The van der Waals surface area contributed by atoms with Crippen LogP contribution in [0.25, 0.3) is 0 Å². The number of aliphatic hydroxyl groups excluding tert-OH is 1. The smallest absolute Gasteiger partial charge is 0.228 e. The number of aliphatic hydroxyl groups is 1. The lowest BCUT2D eigenvalue weighted by Gasteiger charge is -2.13. The summed E-state index contributed by atoms with van der Waals surface area (Å²) in [5, 5.41) is 12.1. The quantitative estimate of drug-likeness (QED) is 0.831. The van der Waals surface area contributed by atoms with Crippen molar-refractivity contribution in [1.82, 2.24) is 5.32 Å². The first-order chi connectivity index (χ1) is 8.04. The van der Waals surface area contributed by atoms with Gasteiger partial charge in [0, 0.05) is 18.5 Å². The molecule has 6 heteroatoms. The Morgan fingerprint density at radius 3 is 2.88 bits per heavy atom. The van der Waals surface area contributed by atoms with Gasteiger partial charge in [0.1, 0.15) is 0 Å². The van der Waals surface area contributed by atoms with E-state index in [0.717, 1.165) is 4.88 Å². The molecule has 1 heterocycles. The van der Waals surface area contributed by atoms with Gasteiger partial charge >= 0.3 is 0 Å². The fourth-order valence-electron chi connectivity index (χ4n) is 1.31. The SMILES string of the molecule is COC[C@H](O)CNC(=O)[C@H](C)c1ccc(Cl)s1. The predicted octanol–water partition coefficient (Wildman–Crippen LogP) is 1.63. The summed E-state index contributed by atoms with van der Waals surface area (Å²) in [6.45, 7) is 2.20. The minimum absolute atomic E-state index is 0.126. The van der Waals surface area contributed by atoms with E-state index in [1.54, 1.807) is 13.0 Å². The van der Waals surface area contributed by atoms with Crippen LogP contribution in [0.15, 0.2) is 12.1 Å². The van der Waals surface area contributed by atoms with E-state index in [9.17, 15) is 9.90 Å². The molecule has 0 spiro atoms. The fraction of sp³-hybridized carbons (Fsp3) is 0.545. The molecule has 1 aromatic rings. The van der Waals surface area contributed by atoms with E-state index in [4.69, 9.17) is 16.3 Å². The van der Waals surface area contributed by atoms with Crippen LogP contribution < -0.4 is 5.32 Å². The van der Waals surface area contributed by atoms with Crippen molar-refractivity contribution < 1.29 is 14.6 Å². The molecule has 0 radical (unpaired) electrons. The molecule has 0 aromatic carbocycles. The highest BCUT2D eigenvalue weighted by atomic mass is 35.5. The molecule has 0 unspecified atom stereocenters. The van der Waals surface area contributed by atoms with Crippen LogP contribution in [0.3, 0.4) is 0 Å². The second-order valence-corrected chi connectivity index (χ2v) is 5.46. The molecule has 0 fully saturated rings. The van der Waals surface area contributed by atoms with Crippen LogP contribution in [-0.4, -0.2) is 37.4 Å². The molecule has 17 heavy (non-hydrogen) atoms. The van der Waals surface area contributed by atoms with Gasteiger partial charge in [-0.15, -0.1) is 11.3 Å². The summed E-state index contributed by atoms with van der Waals surface area (Å²) in [6, 6.07) is 3.61. The van der Waals surface area contributed by atoms with Gasteiger partial charge < -0.3 is 15.2 Å². The molecule has 0 aliphatic rings. The van der Waals surface area contributed by atoms with Crippen molar-refractivity contribution in [3.05, 3.63) is 21.3 Å². The zero-order valence-corrected chi connectivity index (χ0v) is 11.3. The highest BCUT2D eigenvalue weighted by Gasteiger charge is 2.17. The number of halogens is 1. The van der Waals surface area contributed by atoms with Gasteiger partial charge in [-0.3, -0.25) is 4.79 Å². The molecule has 1 aromatic heterocycles. The van der Waals surface area contributed by atoms with E-state index in [0.29, 0.717) is 4.34 Å². The highest BCUT2D eigenvalue weighted by molar-refractivity contribution is 7.16. The normalized spacial score (nSPS) is 14.4. The Bertz CT molecular complexity index is 369. The molecular formula is C11H16ClNO3S. The largest absolute Gasteiger partial charge is 0.389 e. The number of amides is 1. The molecule has 1 rings (SSSR count). The number of thiophene rings is 1. The molecule has 0 saturated carbocycles. The second kappa shape index (κ2) is 6.96. The van der Waals surface area contributed by atoms with Crippen molar-refractivity contribution in [1.29, 1.82) is 0 Å². The van der Waals surface area contributed by atoms with Crippen molar-refractivity contribution in [3.63, 3.8) is 0 Å². The Kier molecular flexibility index (Phi) is 5.91. The van der Waals surface area contributed by atoms with Gasteiger partial charge in [-0.1, -0.05) is 11.6 Å². The molecule has 0 saturated heterocycles. The van der Waals surface area contributed by atoms with E-state index < -0.39 is 6.10 Å². The van der Waals surface area contributed by atoms with Crippen LogP contribution in [0.5, 0.6) is 0 Å². The summed E-state index contributed by atoms with van der Waals surface area (Å²) in [6.07, 6.45) is -0.678. The van der Waals surface area contributed by atoms with Crippen molar-refractivity contribution in [2.75, 3.05) is 20.3 Å². The maximum absolute atomic E-state index is 11.8. The van der Waals surface area contributed by atoms with Crippen molar-refractivity contribution in [2.45, 2.75) is 18.9 Å². The number of hydrogen-bond acceptors (Lipinski definition) is 4. The van der Waals surface area contributed by atoms with Crippen LogP contribution in [0, 0.1) is 0 Å². The van der Waals surface area contributed by atoms with Gasteiger partial charge in [0.15, 0.2) is 0 Å². The highest BCUT2D eigenvalue weighted by Crippen LogP contribution is 2.27. The first kappa shape index (κ1) is 14.4. The number of ether oxygens (including phenoxy) is 1. The molecule has 2 atom stereocenters. The Morgan fingerprint density at radius 2 is 2.35 bits per heavy atom. The zero-order valence-electron chi connectivity index (χ0n) is 9.77. The average molecular weight is 278 g/mol. The third kappa shape index (κ3) is 4.63. The molecule has 0 aliphatic carbocycles. The lowest BCUT2D eigenvalue weighted by atomic mass is 10.1. The number of hydrogen-bond donors (Lipinski definition) is 2. The molecule has 0 bridgehead atoms. The molecule has 0 aliphatic heterocycles. The summed E-state index contributed by atoms with van der Waals surface area (Å²) in [7, 11) is 1.50. The number of carbonyl (C=O) groups excluding carboxylic acids is 1. The summed E-state index contributed by atoms with van der Waals surface area (Å²) < 4.78 is 5.43. The molecule has 4 nitrogen and oxygen atoms in total. The van der Waals surface area contributed by atoms with E-state index in [1.165, 1.54) is 18.4 Å². The van der Waals surface area contributed by atoms with Gasteiger partial charge in [0.25, 0.3) is 0 Å². The maximum atomic E-state index is 11.8. The molecule has 2 N–H and O–H groups in total. The number of carbonyl (C=O) groups is 1. The van der Waals surface area contributed by atoms with Crippen LogP contribution in [-0.2, 0) is 9.53 Å². The third-order valence-electron chi connectivity index (χ3n) is 2.29. The van der Waals surface area contributed by atoms with Gasteiger partial charge in [0.05, 0.1) is 23.0 Å². The number of rotatable bonds is 6. The first-order valence-electron chi connectivity index (χ1n) is 5.24. The van der Waals surface area contributed by atoms with Gasteiger partial charge in [-0.05, 0) is 19.1 Å². The number of nitrogens with one attached hydrogen (secondary N) is 1. The molecule has 96 valence electrons.